The molecular formula is C23H19ClF3N3O4S. The van der Waals surface area contributed by atoms with Gasteiger partial charge in [0.1, 0.15) is 11.4 Å². The zero-order valence-electron chi connectivity index (χ0n) is 18.2. The first-order valence-corrected chi connectivity index (χ1v) is 11.7. The van der Waals surface area contributed by atoms with Crippen LogP contribution in [0.25, 0.3) is 11.3 Å². The van der Waals surface area contributed by atoms with Crippen molar-refractivity contribution in [3.63, 3.8) is 0 Å². The fourth-order valence-corrected chi connectivity index (χ4v) is 4.20. The van der Waals surface area contributed by atoms with Gasteiger partial charge in [0.25, 0.3) is 15.9 Å². The largest absolute Gasteiger partial charge is 0.573 e. The summed E-state index contributed by atoms with van der Waals surface area (Å²) in [4.78, 5) is 16.7. The minimum atomic E-state index is -4.79. The van der Waals surface area contributed by atoms with E-state index in [1.54, 1.807) is 12.1 Å². The first kappa shape index (κ1) is 26.0. The second kappa shape index (κ2) is 10.4. The highest BCUT2D eigenvalue weighted by Crippen LogP contribution is 2.26. The number of aromatic nitrogens is 1. The molecule has 3 aromatic rings. The summed E-state index contributed by atoms with van der Waals surface area (Å²) >= 11 is 5.79. The Labute approximate surface area is 204 Å². The SMILES string of the molecule is C=C(C(=O)NCc1ccnc(-c2ccc(OC(F)(F)F)cc2)c1)N(C)S(=O)(=O)c1ccc(Cl)cc1. The summed E-state index contributed by atoms with van der Waals surface area (Å²) in [6.45, 7) is 3.60. The van der Waals surface area contributed by atoms with Gasteiger partial charge >= 0.3 is 6.36 Å². The molecule has 1 heterocycles. The van der Waals surface area contributed by atoms with Crippen molar-refractivity contribution in [1.29, 1.82) is 0 Å². The van der Waals surface area contributed by atoms with Gasteiger partial charge in [0.15, 0.2) is 0 Å². The predicted octanol–water partition coefficient (Wildman–Crippen LogP) is 4.75. The standard InChI is InChI=1S/C23H19ClF3N3O4S/c1-15(30(2)35(32,33)20-9-5-18(24)6-10-20)22(31)29-14-16-11-12-28-21(13-16)17-3-7-19(8-4-17)34-23(25,26)27/h3-13H,1,14H2,2H3,(H,29,31). The second-order valence-corrected chi connectivity index (χ2v) is 9.58. The number of nitrogens with one attached hydrogen (secondary N) is 1. The summed E-state index contributed by atoms with van der Waals surface area (Å²) in [7, 11) is -2.81. The maximum Gasteiger partial charge on any atom is 0.573 e. The third-order valence-electron chi connectivity index (χ3n) is 4.78. The molecule has 0 aliphatic carbocycles. The Bertz CT molecular complexity index is 1330. The van der Waals surface area contributed by atoms with Gasteiger partial charge < -0.3 is 10.1 Å². The Kier molecular flexibility index (Phi) is 7.71. The highest BCUT2D eigenvalue weighted by Gasteiger charge is 2.31. The van der Waals surface area contributed by atoms with Crippen LogP contribution < -0.4 is 10.1 Å². The molecule has 0 aliphatic rings. The fraction of sp³-hybridized carbons (Fsp3) is 0.130. The molecule has 0 atom stereocenters. The number of rotatable bonds is 8. The molecule has 3 rings (SSSR count). The average Bonchev–Trinajstić information content (AvgIpc) is 2.81. The Balaban J connectivity index is 1.65. The summed E-state index contributed by atoms with van der Waals surface area (Å²) in [6, 6.07) is 13.9. The van der Waals surface area contributed by atoms with Crippen LogP contribution in [0.2, 0.25) is 5.02 Å². The Morgan fingerprint density at radius 3 is 2.34 bits per heavy atom. The first-order valence-electron chi connectivity index (χ1n) is 9.89. The van der Waals surface area contributed by atoms with Crippen LogP contribution in [0.3, 0.4) is 0 Å². The van der Waals surface area contributed by atoms with E-state index < -0.39 is 22.3 Å². The number of carbonyl (C=O) groups excluding carboxylic acids is 1. The highest BCUT2D eigenvalue weighted by molar-refractivity contribution is 7.89. The smallest absolute Gasteiger partial charge is 0.406 e. The van der Waals surface area contributed by atoms with Gasteiger partial charge in [0.2, 0.25) is 0 Å². The number of likely N-dealkylation sites (N-methyl/N-ethyl adjacent to an activating group) is 1. The average molecular weight is 526 g/mol. The molecule has 1 amide bonds. The molecule has 0 saturated carbocycles. The lowest BCUT2D eigenvalue weighted by atomic mass is 10.1. The van der Waals surface area contributed by atoms with Gasteiger partial charge in [-0.15, -0.1) is 13.2 Å². The number of amides is 1. The normalized spacial score (nSPS) is 11.6. The molecule has 0 saturated heterocycles. The molecule has 0 unspecified atom stereocenters. The molecule has 35 heavy (non-hydrogen) atoms. The van der Waals surface area contributed by atoms with Crippen molar-refractivity contribution in [1.82, 2.24) is 14.6 Å². The van der Waals surface area contributed by atoms with Gasteiger partial charge in [0.05, 0.1) is 10.6 Å². The molecule has 12 heteroatoms. The van der Waals surface area contributed by atoms with E-state index in [0.29, 0.717) is 21.8 Å². The van der Waals surface area contributed by atoms with E-state index in [-0.39, 0.29) is 22.9 Å². The van der Waals surface area contributed by atoms with Crippen LogP contribution in [0.1, 0.15) is 5.56 Å². The van der Waals surface area contributed by atoms with Gasteiger partial charge in [-0.1, -0.05) is 18.2 Å². The monoisotopic (exact) mass is 525 g/mol. The minimum absolute atomic E-state index is 0.0253. The molecule has 7 nitrogen and oxygen atoms in total. The maximum atomic E-state index is 12.7. The van der Waals surface area contributed by atoms with Gasteiger partial charge in [0, 0.05) is 30.4 Å². The minimum Gasteiger partial charge on any atom is -0.406 e. The summed E-state index contributed by atoms with van der Waals surface area (Å²) in [6.07, 6.45) is -3.31. The highest BCUT2D eigenvalue weighted by atomic mass is 35.5. The summed E-state index contributed by atoms with van der Waals surface area (Å²) in [5.41, 5.74) is 1.31. The molecule has 1 aromatic heterocycles. The number of carbonyl (C=O) groups is 1. The van der Waals surface area contributed by atoms with Crippen molar-refractivity contribution >= 4 is 27.5 Å². The van der Waals surface area contributed by atoms with E-state index in [1.165, 1.54) is 61.8 Å². The Morgan fingerprint density at radius 1 is 1.11 bits per heavy atom. The number of pyridine rings is 1. The number of halogens is 4. The number of nitrogens with zero attached hydrogens (tertiary/aromatic N) is 2. The zero-order chi connectivity index (χ0) is 25.8. The lowest BCUT2D eigenvalue weighted by Gasteiger charge is -2.21. The van der Waals surface area contributed by atoms with Crippen molar-refractivity contribution in [2.45, 2.75) is 17.8 Å². The lowest BCUT2D eigenvalue weighted by molar-refractivity contribution is -0.274. The second-order valence-electron chi connectivity index (χ2n) is 7.18. The molecule has 0 bridgehead atoms. The number of hydrogen-bond acceptors (Lipinski definition) is 5. The van der Waals surface area contributed by atoms with Gasteiger partial charge in [-0.25, -0.2) is 8.42 Å². The van der Waals surface area contributed by atoms with Crippen LogP contribution in [0.5, 0.6) is 5.75 Å². The molecule has 2 aromatic carbocycles. The van der Waals surface area contributed by atoms with E-state index in [1.807, 2.05) is 0 Å². The van der Waals surface area contributed by atoms with E-state index in [2.05, 4.69) is 21.6 Å². The summed E-state index contributed by atoms with van der Waals surface area (Å²) in [5, 5.41) is 2.95. The maximum absolute atomic E-state index is 12.7. The number of alkyl halides is 3. The quantitative estimate of drug-likeness (QED) is 0.429. The van der Waals surface area contributed by atoms with Crippen LogP contribution >= 0.6 is 11.6 Å². The van der Waals surface area contributed by atoms with Gasteiger partial charge in [-0.05, 0) is 66.2 Å². The lowest BCUT2D eigenvalue weighted by Crippen LogP contribution is -2.35. The first-order chi connectivity index (χ1) is 16.4. The fourth-order valence-electron chi connectivity index (χ4n) is 2.91. The number of hydrogen-bond donors (Lipinski definition) is 1. The summed E-state index contributed by atoms with van der Waals surface area (Å²) in [5.74, 6) is -1.07. The van der Waals surface area contributed by atoms with E-state index in [4.69, 9.17) is 11.6 Å². The van der Waals surface area contributed by atoms with Gasteiger partial charge in [-0.3, -0.25) is 14.1 Å². The van der Waals surface area contributed by atoms with Crippen LogP contribution in [0.15, 0.2) is 84.0 Å². The molecule has 1 N–H and O–H groups in total. The predicted molar refractivity (Wildman–Crippen MR) is 124 cm³/mol. The van der Waals surface area contributed by atoms with Gasteiger partial charge in [-0.2, -0.15) is 0 Å². The topological polar surface area (TPSA) is 88.6 Å². The third kappa shape index (κ3) is 6.74. The van der Waals surface area contributed by atoms with E-state index in [0.717, 1.165) is 4.31 Å². The number of ether oxygens (including phenoxy) is 1. The van der Waals surface area contributed by atoms with Crippen molar-refractivity contribution in [3.8, 4) is 17.0 Å². The molecular weight excluding hydrogens is 507 g/mol. The van der Waals surface area contributed by atoms with Crippen molar-refractivity contribution in [2.75, 3.05) is 7.05 Å². The Hall–Kier alpha value is -3.57. The zero-order valence-corrected chi connectivity index (χ0v) is 19.8. The molecule has 0 spiro atoms. The summed E-state index contributed by atoms with van der Waals surface area (Å²) < 4.78 is 67.1. The molecule has 184 valence electrons. The van der Waals surface area contributed by atoms with Crippen molar-refractivity contribution < 1.29 is 31.1 Å². The molecule has 0 radical (unpaired) electrons. The van der Waals surface area contributed by atoms with Crippen LogP contribution in [-0.4, -0.2) is 37.0 Å². The number of benzene rings is 2. The number of sulfonamides is 1. The van der Waals surface area contributed by atoms with E-state index >= 15 is 0 Å². The molecule has 0 aliphatic heterocycles. The van der Waals surface area contributed by atoms with Crippen molar-refractivity contribution in [3.05, 3.63) is 89.7 Å². The molecule has 0 fully saturated rings. The third-order valence-corrected chi connectivity index (χ3v) is 6.84. The van der Waals surface area contributed by atoms with Crippen LogP contribution in [-0.2, 0) is 21.4 Å². The van der Waals surface area contributed by atoms with Crippen molar-refractivity contribution in [2.24, 2.45) is 0 Å². The Morgan fingerprint density at radius 2 is 1.74 bits per heavy atom. The van der Waals surface area contributed by atoms with Crippen LogP contribution in [0.4, 0.5) is 13.2 Å². The van der Waals surface area contributed by atoms with Crippen LogP contribution in [0, 0.1) is 0 Å². The van der Waals surface area contributed by atoms with E-state index in [9.17, 15) is 26.4 Å².